The standard InChI is InChI=1S/C13H16N4O3/c1-8-11(12(14)16-18)13(17(2)15-8)20-10-6-4-9(19-3)5-7-10/h4-7,18H,1-3H3,(H2,14,16). The van der Waals surface area contributed by atoms with E-state index in [-0.39, 0.29) is 5.84 Å². The van der Waals surface area contributed by atoms with Crippen LogP contribution in [0.1, 0.15) is 11.3 Å². The second-order valence-corrected chi connectivity index (χ2v) is 4.15. The monoisotopic (exact) mass is 276 g/mol. The van der Waals surface area contributed by atoms with Crippen LogP contribution in [0.25, 0.3) is 0 Å². The molecule has 0 saturated heterocycles. The van der Waals surface area contributed by atoms with Gasteiger partial charge in [0.2, 0.25) is 5.88 Å². The Bertz CT molecular complexity index is 632. The highest BCUT2D eigenvalue weighted by atomic mass is 16.5. The third-order valence-corrected chi connectivity index (χ3v) is 2.81. The largest absolute Gasteiger partial charge is 0.497 e. The molecular weight excluding hydrogens is 260 g/mol. The van der Waals surface area contributed by atoms with Crippen LogP contribution >= 0.6 is 0 Å². The molecule has 106 valence electrons. The second kappa shape index (κ2) is 5.52. The van der Waals surface area contributed by atoms with Gasteiger partial charge in [-0.15, -0.1) is 0 Å². The van der Waals surface area contributed by atoms with Gasteiger partial charge in [-0.05, 0) is 31.2 Å². The highest BCUT2D eigenvalue weighted by molar-refractivity contribution is 6.00. The van der Waals surface area contributed by atoms with Gasteiger partial charge in [0.15, 0.2) is 5.84 Å². The molecule has 1 heterocycles. The molecule has 0 saturated carbocycles. The van der Waals surface area contributed by atoms with Crippen LogP contribution in [0.5, 0.6) is 17.4 Å². The van der Waals surface area contributed by atoms with Crippen molar-refractivity contribution in [1.29, 1.82) is 0 Å². The molecular formula is C13H16N4O3. The molecule has 0 spiro atoms. The van der Waals surface area contributed by atoms with E-state index in [9.17, 15) is 0 Å². The van der Waals surface area contributed by atoms with Crippen molar-refractivity contribution in [2.24, 2.45) is 17.9 Å². The SMILES string of the molecule is COc1ccc(Oc2c(C(N)=NO)c(C)nn2C)cc1. The number of rotatable bonds is 4. The van der Waals surface area contributed by atoms with Gasteiger partial charge in [-0.1, -0.05) is 5.16 Å². The van der Waals surface area contributed by atoms with E-state index < -0.39 is 0 Å². The summed E-state index contributed by atoms with van der Waals surface area (Å²) < 4.78 is 12.4. The fraction of sp³-hybridized carbons (Fsp3) is 0.231. The summed E-state index contributed by atoms with van der Waals surface area (Å²) in [4.78, 5) is 0. The summed E-state index contributed by atoms with van der Waals surface area (Å²) in [6.07, 6.45) is 0. The zero-order chi connectivity index (χ0) is 14.7. The molecule has 1 aromatic carbocycles. The maximum Gasteiger partial charge on any atom is 0.229 e. The predicted molar refractivity (Wildman–Crippen MR) is 73.5 cm³/mol. The van der Waals surface area contributed by atoms with Crippen LogP contribution in [0.4, 0.5) is 0 Å². The van der Waals surface area contributed by atoms with E-state index >= 15 is 0 Å². The molecule has 2 aromatic rings. The van der Waals surface area contributed by atoms with Crippen molar-refractivity contribution >= 4 is 5.84 Å². The average Bonchev–Trinajstić information content (AvgIpc) is 2.73. The summed E-state index contributed by atoms with van der Waals surface area (Å²) in [5.41, 5.74) is 6.74. The number of aromatic nitrogens is 2. The molecule has 2 rings (SSSR count). The topological polar surface area (TPSA) is 94.9 Å². The highest BCUT2D eigenvalue weighted by Crippen LogP contribution is 2.28. The van der Waals surface area contributed by atoms with E-state index in [4.69, 9.17) is 20.4 Å². The Hall–Kier alpha value is -2.70. The smallest absolute Gasteiger partial charge is 0.229 e. The first kappa shape index (κ1) is 13.7. The number of oxime groups is 1. The van der Waals surface area contributed by atoms with Crippen molar-refractivity contribution in [3.63, 3.8) is 0 Å². The lowest BCUT2D eigenvalue weighted by Crippen LogP contribution is -2.14. The average molecular weight is 276 g/mol. The van der Waals surface area contributed by atoms with Crippen LogP contribution in [-0.4, -0.2) is 27.9 Å². The zero-order valence-corrected chi connectivity index (χ0v) is 11.5. The van der Waals surface area contributed by atoms with Gasteiger partial charge in [0.1, 0.15) is 17.1 Å². The molecule has 3 N–H and O–H groups in total. The summed E-state index contributed by atoms with van der Waals surface area (Å²) in [5.74, 6) is 1.69. The molecule has 1 aromatic heterocycles. The minimum absolute atomic E-state index is 0.0425. The van der Waals surface area contributed by atoms with Crippen LogP contribution in [0.15, 0.2) is 29.4 Å². The minimum atomic E-state index is -0.0425. The number of hydrogen-bond acceptors (Lipinski definition) is 5. The van der Waals surface area contributed by atoms with Gasteiger partial charge in [0.25, 0.3) is 0 Å². The van der Waals surface area contributed by atoms with E-state index in [0.717, 1.165) is 5.75 Å². The molecule has 7 heteroatoms. The molecule has 0 radical (unpaired) electrons. The predicted octanol–water partition coefficient (Wildman–Crippen LogP) is 1.62. The molecule has 0 aliphatic rings. The maximum atomic E-state index is 8.83. The summed E-state index contributed by atoms with van der Waals surface area (Å²) in [6, 6.07) is 7.08. The molecule has 7 nitrogen and oxygen atoms in total. The molecule has 0 bridgehead atoms. The number of hydrogen-bond donors (Lipinski definition) is 2. The lowest BCUT2D eigenvalue weighted by molar-refractivity contribution is 0.318. The van der Waals surface area contributed by atoms with E-state index in [1.165, 1.54) is 4.68 Å². The summed E-state index contributed by atoms with van der Waals surface area (Å²) in [6.45, 7) is 1.76. The molecule has 0 atom stereocenters. The third kappa shape index (κ3) is 2.51. The van der Waals surface area contributed by atoms with Crippen molar-refractivity contribution in [2.75, 3.05) is 7.11 Å². The number of ether oxygens (including phenoxy) is 2. The van der Waals surface area contributed by atoms with Gasteiger partial charge in [-0.2, -0.15) is 5.10 Å². The van der Waals surface area contributed by atoms with Crippen molar-refractivity contribution in [3.05, 3.63) is 35.5 Å². The number of methoxy groups -OCH3 is 1. The van der Waals surface area contributed by atoms with Crippen molar-refractivity contribution in [3.8, 4) is 17.4 Å². The van der Waals surface area contributed by atoms with Crippen LogP contribution in [-0.2, 0) is 7.05 Å². The molecule has 0 amide bonds. The quantitative estimate of drug-likeness (QED) is 0.383. The highest BCUT2D eigenvalue weighted by Gasteiger charge is 2.19. The van der Waals surface area contributed by atoms with Gasteiger partial charge in [0, 0.05) is 7.05 Å². The normalized spacial score (nSPS) is 11.4. The van der Waals surface area contributed by atoms with Crippen molar-refractivity contribution in [2.45, 2.75) is 6.92 Å². The van der Waals surface area contributed by atoms with Crippen LogP contribution in [0.3, 0.4) is 0 Å². The number of nitrogens with zero attached hydrogens (tertiary/aromatic N) is 3. The van der Waals surface area contributed by atoms with Crippen LogP contribution < -0.4 is 15.2 Å². The fourth-order valence-corrected chi connectivity index (χ4v) is 1.85. The number of nitrogens with two attached hydrogens (primary N) is 1. The van der Waals surface area contributed by atoms with Crippen LogP contribution in [0.2, 0.25) is 0 Å². The molecule has 0 aliphatic heterocycles. The molecule has 20 heavy (non-hydrogen) atoms. The lowest BCUT2D eigenvalue weighted by Gasteiger charge is -2.08. The number of amidine groups is 1. The lowest BCUT2D eigenvalue weighted by atomic mass is 10.2. The minimum Gasteiger partial charge on any atom is -0.497 e. The summed E-state index contributed by atoms with van der Waals surface area (Å²) >= 11 is 0. The Morgan fingerprint density at radius 2 is 1.90 bits per heavy atom. The Balaban J connectivity index is 2.37. The fourth-order valence-electron chi connectivity index (χ4n) is 1.85. The Kier molecular flexibility index (Phi) is 3.79. The first-order valence-corrected chi connectivity index (χ1v) is 5.90. The number of aryl methyl sites for hydroxylation is 2. The Morgan fingerprint density at radius 3 is 2.45 bits per heavy atom. The third-order valence-electron chi connectivity index (χ3n) is 2.81. The van der Waals surface area contributed by atoms with Gasteiger partial charge in [-0.25, -0.2) is 4.68 Å². The van der Waals surface area contributed by atoms with Gasteiger partial charge in [-0.3, -0.25) is 0 Å². The van der Waals surface area contributed by atoms with E-state index in [2.05, 4.69) is 10.3 Å². The van der Waals surface area contributed by atoms with Crippen molar-refractivity contribution < 1.29 is 14.7 Å². The summed E-state index contributed by atoms with van der Waals surface area (Å²) in [7, 11) is 3.32. The van der Waals surface area contributed by atoms with Crippen molar-refractivity contribution in [1.82, 2.24) is 9.78 Å². The summed E-state index contributed by atoms with van der Waals surface area (Å²) in [5, 5.41) is 16.0. The van der Waals surface area contributed by atoms with Gasteiger partial charge >= 0.3 is 0 Å². The zero-order valence-electron chi connectivity index (χ0n) is 11.5. The first-order chi connectivity index (χ1) is 9.56. The first-order valence-electron chi connectivity index (χ1n) is 5.90. The molecule has 0 fully saturated rings. The Labute approximate surface area is 116 Å². The second-order valence-electron chi connectivity index (χ2n) is 4.15. The number of benzene rings is 1. The van der Waals surface area contributed by atoms with Gasteiger partial charge < -0.3 is 20.4 Å². The molecule has 0 aliphatic carbocycles. The van der Waals surface area contributed by atoms with E-state index in [1.807, 2.05) is 0 Å². The van der Waals surface area contributed by atoms with Crippen LogP contribution in [0, 0.1) is 6.92 Å². The van der Waals surface area contributed by atoms with Gasteiger partial charge in [0.05, 0.1) is 12.8 Å². The van der Waals surface area contributed by atoms with E-state index in [1.54, 1.807) is 45.3 Å². The van der Waals surface area contributed by atoms with E-state index in [0.29, 0.717) is 22.9 Å². The molecule has 0 unspecified atom stereocenters. The maximum absolute atomic E-state index is 8.83. The Morgan fingerprint density at radius 1 is 1.30 bits per heavy atom.